The topological polar surface area (TPSA) is 64.9 Å². The molecule has 0 unspecified atom stereocenters. The fraction of sp³-hybridized carbons (Fsp3) is 0.481. The molecule has 7 heteroatoms. The first-order valence-corrected chi connectivity index (χ1v) is 12.6. The third-order valence-corrected chi connectivity index (χ3v) is 6.89. The van der Waals surface area contributed by atoms with E-state index in [9.17, 15) is 4.79 Å². The molecule has 1 saturated heterocycles. The maximum absolute atomic E-state index is 12.6. The standard InChI is InChI=1S/C27H36N6O/c1-19(2)28-12-13-29-24-8-6-21(7-9-24)23-16-26-25(10-11-30-33(26)18-23)31-14-15-32(20(3)17-31)27(34)22-4-5-22/h6-11,16,18-20,22,28-29H,4-5,12-15,17H2,1-3H3/t20-/m1/s1. The van der Waals surface area contributed by atoms with Crippen molar-refractivity contribution in [3.8, 4) is 11.1 Å². The van der Waals surface area contributed by atoms with Crippen LogP contribution in [0.5, 0.6) is 0 Å². The summed E-state index contributed by atoms with van der Waals surface area (Å²) in [5, 5.41) is 11.5. The van der Waals surface area contributed by atoms with Crippen LogP contribution in [0.25, 0.3) is 16.6 Å². The Hall–Kier alpha value is -3.06. The molecule has 3 aromatic rings. The fourth-order valence-electron chi connectivity index (χ4n) is 4.84. The number of amides is 1. The lowest BCUT2D eigenvalue weighted by Crippen LogP contribution is -2.54. The highest BCUT2D eigenvalue weighted by Gasteiger charge is 2.37. The third-order valence-electron chi connectivity index (χ3n) is 6.89. The lowest BCUT2D eigenvalue weighted by molar-refractivity contribution is -0.134. The zero-order chi connectivity index (χ0) is 23.7. The predicted molar refractivity (Wildman–Crippen MR) is 138 cm³/mol. The maximum Gasteiger partial charge on any atom is 0.226 e. The molecule has 0 bridgehead atoms. The molecule has 5 rings (SSSR count). The lowest BCUT2D eigenvalue weighted by Gasteiger charge is -2.41. The van der Waals surface area contributed by atoms with E-state index in [1.807, 2.05) is 10.7 Å². The Labute approximate surface area is 202 Å². The molecule has 34 heavy (non-hydrogen) atoms. The van der Waals surface area contributed by atoms with Gasteiger partial charge in [0.2, 0.25) is 5.91 Å². The van der Waals surface area contributed by atoms with E-state index in [1.54, 1.807) is 0 Å². The first kappa shape index (κ1) is 22.7. The van der Waals surface area contributed by atoms with E-state index in [2.05, 4.69) is 88.9 Å². The van der Waals surface area contributed by atoms with Gasteiger partial charge in [-0.1, -0.05) is 26.0 Å². The Balaban J connectivity index is 1.29. The quantitative estimate of drug-likeness (QED) is 0.500. The average molecular weight is 461 g/mol. The summed E-state index contributed by atoms with van der Waals surface area (Å²) in [5.74, 6) is 0.638. The summed E-state index contributed by atoms with van der Waals surface area (Å²) in [7, 11) is 0. The van der Waals surface area contributed by atoms with Crippen molar-refractivity contribution < 1.29 is 4.79 Å². The Morgan fingerprint density at radius 1 is 1.09 bits per heavy atom. The summed E-state index contributed by atoms with van der Waals surface area (Å²) in [6.07, 6.45) is 6.10. The molecule has 1 aromatic carbocycles. The number of nitrogens with zero attached hydrogens (tertiary/aromatic N) is 4. The van der Waals surface area contributed by atoms with Gasteiger partial charge >= 0.3 is 0 Å². The van der Waals surface area contributed by atoms with E-state index in [1.165, 1.54) is 11.3 Å². The highest BCUT2D eigenvalue weighted by molar-refractivity contribution is 5.83. The van der Waals surface area contributed by atoms with E-state index in [-0.39, 0.29) is 12.0 Å². The van der Waals surface area contributed by atoms with Crippen LogP contribution in [0.1, 0.15) is 33.6 Å². The number of piperazine rings is 1. The molecular weight excluding hydrogens is 424 g/mol. The van der Waals surface area contributed by atoms with Crippen molar-refractivity contribution in [2.45, 2.75) is 45.7 Å². The highest BCUT2D eigenvalue weighted by atomic mass is 16.2. The second-order valence-corrected chi connectivity index (χ2v) is 9.99. The fourth-order valence-corrected chi connectivity index (χ4v) is 4.84. The summed E-state index contributed by atoms with van der Waals surface area (Å²) in [4.78, 5) is 17.1. The summed E-state index contributed by atoms with van der Waals surface area (Å²) in [6.45, 7) is 10.8. The van der Waals surface area contributed by atoms with Crippen molar-refractivity contribution >= 4 is 22.8 Å². The van der Waals surface area contributed by atoms with Gasteiger partial charge in [0.25, 0.3) is 0 Å². The number of carbonyl (C=O) groups is 1. The molecule has 7 nitrogen and oxygen atoms in total. The second kappa shape index (κ2) is 9.66. The van der Waals surface area contributed by atoms with Crippen molar-refractivity contribution in [3.63, 3.8) is 0 Å². The molecule has 0 radical (unpaired) electrons. The zero-order valence-electron chi connectivity index (χ0n) is 20.5. The molecule has 2 fully saturated rings. The van der Waals surface area contributed by atoms with Gasteiger partial charge in [-0.15, -0.1) is 0 Å². The largest absolute Gasteiger partial charge is 0.384 e. The van der Waals surface area contributed by atoms with Crippen LogP contribution in [-0.2, 0) is 4.79 Å². The van der Waals surface area contributed by atoms with E-state index in [4.69, 9.17) is 0 Å². The van der Waals surface area contributed by atoms with Gasteiger partial charge in [0.15, 0.2) is 0 Å². The molecule has 2 aliphatic rings. The summed E-state index contributed by atoms with van der Waals surface area (Å²) in [6, 6.07) is 13.7. The minimum atomic E-state index is 0.222. The van der Waals surface area contributed by atoms with Gasteiger partial charge < -0.3 is 20.4 Å². The normalized spacial score (nSPS) is 18.6. The monoisotopic (exact) mass is 460 g/mol. The number of benzene rings is 1. The van der Waals surface area contributed by atoms with Crippen LogP contribution in [0.15, 0.2) is 48.8 Å². The zero-order valence-corrected chi connectivity index (χ0v) is 20.5. The Morgan fingerprint density at radius 3 is 2.59 bits per heavy atom. The highest BCUT2D eigenvalue weighted by Crippen LogP contribution is 2.34. The van der Waals surface area contributed by atoms with Gasteiger partial charge in [-0.3, -0.25) is 4.79 Å². The van der Waals surface area contributed by atoms with Crippen LogP contribution in [0, 0.1) is 5.92 Å². The molecule has 2 N–H and O–H groups in total. The number of rotatable bonds is 8. The van der Waals surface area contributed by atoms with E-state index >= 15 is 0 Å². The third kappa shape index (κ3) is 4.89. The van der Waals surface area contributed by atoms with Crippen molar-refractivity contribution in [2.24, 2.45) is 5.92 Å². The predicted octanol–water partition coefficient (Wildman–Crippen LogP) is 3.86. The van der Waals surface area contributed by atoms with Gasteiger partial charge in [-0.2, -0.15) is 5.10 Å². The van der Waals surface area contributed by atoms with E-state index in [0.717, 1.165) is 62.3 Å². The number of aromatic nitrogens is 2. The van der Waals surface area contributed by atoms with E-state index < -0.39 is 0 Å². The second-order valence-electron chi connectivity index (χ2n) is 9.99. The van der Waals surface area contributed by atoms with Crippen LogP contribution < -0.4 is 15.5 Å². The summed E-state index contributed by atoms with van der Waals surface area (Å²) >= 11 is 0. The van der Waals surface area contributed by atoms with Crippen LogP contribution in [0.3, 0.4) is 0 Å². The molecule has 1 amide bonds. The molecule has 3 heterocycles. The van der Waals surface area contributed by atoms with Gasteiger partial charge in [-0.05, 0) is 49.6 Å². The molecule has 180 valence electrons. The molecule has 1 atom stereocenters. The van der Waals surface area contributed by atoms with Crippen molar-refractivity contribution in [1.29, 1.82) is 0 Å². The molecule has 1 aliphatic heterocycles. The number of hydrogen-bond acceptors (Lipinski definition) is 5. The Bertz CT molecular complexity index is 1130. The van der Waals surface area contributed by atoms with Crippen LogP contribution in [0.2, 0.25) is 0 Å². The minimum Gasteiger partial charge on any atom is -0.384 e. The summed E-state index contributed by atoms with van der Waals surface area (Å²) in [5.41, 5.74) is 5.75. The van der Waals surface area contributed by atoms with Gasteiger partial charge in [0, 0.05) is 74.4 Å². The summed E-state index contributed by atoms with van der Waals surface area (Å²) < 4.78 is 1.97. The van der Waals surface area contributed by atoms with Gasteiger partial charge in [0.05, 0.1) is 11.2 Å². The molecule has 0 spiro atoms. The van der Waals surface area contributed by atoms with Gasteiger partial charge in [-0.25, -0.2) is 4.52 Å². The molecule has 1 saturated carbocycles. The number of nitrogens with one attached hydrogen (secondary N) is 2. The maximum atomic E-state index is 12.6. The first-order chi connectivity index (χ1) is 16.5. The number of carbonyl (C=O) groups excluding carboxylic acids is 1. The average Bonchev–Trinajstić information content (AvgIpc) is 3.59. The van der Waals surface area contributed by atoms with Crippen molar-refractivity contribution in [3.05, 3.63) is 48.8 Å². The van der Waals surface area contributed by atoms with Crippen LogP contribution >= 0.6 is 0 Å². The smallest absolute Gasteiger partial charge is 0.226 e. The molecule has 1 aliphatic carbocycles. The minimum absolute atomic E-state index is 0.222. The Kier molecular flexibility index (Phi) is 6.46. The van der Waals surface area contributed by atoms with Crippen LogP contribution in [-0.4, -0.2) is 65.2 Å². The first-order valence-electron chi connectivity index (χ1n) is 12.6. The van der Waals surface area contributed by atoms with Crippen molar-refractivity contribution in [2.75, 3.05) is 42.9 Å². The SMILES string of the molecule is CC(C)NCCNc1ccc(-c2cc3c(N4CCN(C(=O)C5CC5)[C@H](C)C4)ccnn3c2)cc1. The Morgan fingerprint density at radius 2 is 1.88 bits per heavy atom. The van der Waals surface area contributed by atoms with Crippen LogP contribution in [0.4, 0.5) is 11.4 Å². The van der Waals surface area contributed by atoms with E-state index in [0.29, 0.717) is 11.9 Å². The van der Waals surface area contributed by atoms with Gasteiger partial charge in [0.1, 0.15) is 0 Å². The lowest BCUT2D eigenvalue weighted by atomic mass is 10.1. The number of fused-ring (bicyclic) bond motifs is 1. The van der Waals surface area contributed by atoms with Crippen molar-refractivity contribution in [1.82, 2.24) is 19.8 Å². The molecule has 2 aromatic heterocycles. The number of hydrogen-bond donors (Lipinski definition) is 2. The molecular formula is C27H36N6O. The number of anilines is 2.